The van der Waals surface area contributed by atoms with Crippen molar-refractivity contribution in [2.45, 2.75) is 25.7 Å². The van der Waals surface area contributed by atoms with E-state index in [9.17, 15) is 19.2 Å². The van der Waals surface area contributed by atoms with E-state index in [1.165, 1.54) is 0 Å². The number of rotatable bonds is 0. The van der Waals surface area contributed by atoms with Gasteiger partial charge in [-0.1, -0.05) is 0 Å². The molecule has 4 amide bonds. The van der Waals surface area contributed by atoms with Crippen molar-refractivity contribution >= 4 is 23.6 Å². The summed E-state index contributed by atoms with van der Waals surface area (Å²) in [6.07, 6.45) is 1.50. The van der Waals surface area contributed by atoms with Crippen molar-refractivity contribution in [3.8, 4) is 0 Å². The minimum atomic E-state index is -0.148. The molecular formula is C8H13AgN3O4+. The Labute approximate surface area is 108 Å². The van der Waals surface area contributed by atoms with Gasteiger partial charge in [-0.25, -0.2) is 0 Å². The fourth-order valence-corrected chi connectivity index (χ4v) is 1.02. The maximum absolute atomic E-state index is 10.1. The van der Waals surface area contributed by atoms with E-state index in [-0.39, 0.29) is 52.2 Å². The molecule has 0 aromatic heterocycles. The zero-order valence-electron chi connectivity index (χ0n) is 8.47. The Hall–Kier alpha value is -1.02. The predicted octanol–water partition coefficient (Wildman–Crippen LogP) is -0.994. The summed E-state index contributed by atoms with van der Waals surface area (Å²) in [5, 5.41) is 4.28. The molecule has 0 aromatic rings. The van der Waals surface area contributed by atoms with Crippen LogP contribution in [0.5, 0.6) is 0 Å². The van der Waals surface area contributed by atoms with Crippen molar-refractivity contribution in [3.63, 3.8) is 0 Å². The monoisotopic (exact) mass is 322 g/mol. The molecule has 0 atom stereocenters. The minimum Gasteiger partial charge on any atom is -0.344 e. The van der Waals surface area contributed by atoms with Crippen LogP contribution >= 0.6 is 0 Å². The molecule has 8 heteroatoms. The third-order valence-corrected chi connectivity index (χ3v) is 1.72. The molecule has 0 saturated carbocycles. The molecule has 0 aromatic carbocycles. The smallest absolute Gasteiger partial charge is 0.344 e. The summed E-state index contributed by atoms with van der Waals surface area (Å²) < 4.78 is 0. The largest absolute Gasteiger partial charge is 1.00 e. The molecule has 2 heterocycles. The minimum absolute atomic E-state index is 0. The third-order valence-electron chi connectivity index (χ3n) is 1.72. The van der Waals surface area contributed by atoms with Gasteiger partial charge in [-0.2, -0.15) is 0 Å². The molecule has 94 valence electrons. The average molecular weight is 323 g/mol. The van der Waals surface area contributed by atoms with Crippen LogP contribution in [0.25, 0.3) is 0 Å². The van der Waals surface area contributed by atoms with E-state index in [2.05, 4.69) is 10.6 Å². The van der Waals surface area contributed by atoms with Crippen molar-refractivity contribution in [3.05, 3.63) is 0 Å². The van der Waals surface area contributed by atoms with E-state index in [4.69, 9.17) is 0 Å². The fourth-order valence-electron chi connectivity index (χ4n) is 1.02. The van der Waals surface area contributed by atoms with Crippen LogP contribution in [0.2, 0.25) is 0 Å². The summed E-state index contributed by atoms with van der Waals surface area (Å²) in [4.78, 5) is 40.5. The van der Waals surface area contributed by atoms with Gasteiger partial charge in [0, 0.05) is 25.7 Å². The summed E-state index contributed by atoms with van der Waals surface area (Å²) in [5.74, 6) is -0.593. The van der Waals surface area contributed by atoms with Crippen LogP contribution in [-0.4, -0.2) is 23.6 Å². The van der Waals surface area contributed by atoms with Crippen LogP contribution in [0, 0.1) is 0 Å². The molecule has 2 saturated heterocycles. The van der Waals surface area contributed by atoms with Crippen LogP contribution in [0.4, 0.5) is 0 Å². The predicted molar refractivity (Wildman–Crippen MR) is 49.8 cm³/mol. The molecule has 2 aliphatic heterocycles. The molecular weight excluding hydrogens is 310 g/mol. The number of hydrogen-bond acceptors (Lipinski definition) is 5. The molecule has 0 unspecified atom stereocenters. The van der Waals surface area contributed by atoms with Crippen molar-refractivity contribution in [2.24, 2.45) is 0 Å². The van der Waals surface area contributed by atoms with Gasteiger partial charge < -0.3 is 6.15 Å². The Bertz CT molecular complexity index is 248. The number of carbonyl (C=O) groups excluding carboxylic acids is 4. The maximum Gasteiger partial charge on any atom is 1.00 e. The van der Waals surface area contributed by atoms with Gasteiger partial charge >= 0.3 is 22.4 Å². The molecule has 0 radical (unpaired) electrons. The van der Waals surface area contributed by atoms with Gasteiger partial charge in [0.2, 0.25) is 23.6 Å². The molecule has 16 heavy (non-hydrogen) atoms. The summed E-state index contributed by atoms with van der Waals surface area (Å²) in [6, 6.07) is 0. The normalized spacial score (nSPS) is 17.5. The first-order valence-electron chi connectivity index (χ1n) is 4.23. The summed E-state index contributed by atoms with van der Waals surface area (Å²) in [6.45, 7) is 0. The second kappa shape index (κ2) is 8.17. The summed E-state index contributed by atoms with van der Waals surface area (Å²) in [7, 11) is 0. The molecule has 0 aliphatic carbocycles. The van der Waals surface area contributed by atoms with E-state index in [1.54, 1.807) is 0 Å². The summed E-state index contributed by atoms with van der Waals surface area (Å²) in [5.41, 5.74) is 0. The van der Waals surface area contributed by atoms with E-state index in [0.717, 1.165) is 0 Å². The van der Waals surface area contributed by atoms with Gasteiger partial charge in [0.1, 0.15) is 0 Å². The first-order valence-corrected chi connectivity index (χ1v) is 4.23. The standard InChI is InChI=1S/2C4H5NO2.Ag.H3N/c2*6-3-1-2-4(7)5-3;;/h2*1-2H2,(H,5,6,7);;1H3/q;;+1;. The maximum atomic E-state index is 10.1. The third kappa shape index (κ3) is 6.46. The zero-order valence-corrected chi connectivity index (χ0v) is 9.95. The SMILES string of the molecule is N.O=C1CCC(=O)N1.O=C1CCC(=O)N1.[Ag+]. The quantitative estimate of drug-likeness (QED) is 0.389. The van der Waals surface area contributed by atoms with Crippen LogP contribution in [0.1, 0.15) is 25.7 Å². The van der Waals surface area contributed by atoms with Crippen molar-refractivity contribution < 1.29 is 41.6 Å². The number of imide groups is 2. The Morgan fingerprint density at radius 3 is 0.875 bits per heavy atom. The van der Waals surface area contributed by atoms with Crippen molar-refractivity contribution in [1.29, 1.82) is 0 Å². The van der Waals surface area contributed by atoms with E-state index in [1.807, 2.05) is 0 Å². The second-order valence-electron chi connectivity index (χ2n) is 2.94. The second-order valence-corrected chi connectivity index (χ2v) is 2.94. The topological polar surface area (TPSA) is 127 Å². The Morgan fingerprint density at radius 1 is 0.625 bits per heavy atom. The average Bonchev–Trinajstić information content (AvgIpc) is 2.63. The number of amides is 4. The number of hydrogen-bond donors (Lipinski definition) is 3. The van der Waals surface area contributed by atoms with E-state index >= 15 is 0 Å². The molecule has 7 nitrogen and oxygen atoms in total. The summed E-state index contributed by atoms with van der Waals surface area (Å²) >= 11 is 0. The molecule has 0 spiro atoms. The van der Waals surface area contributed by atoms with Crippen molar-refractivity contribution in [1.82, 2.24) is 16.8 Å². The van der Waals surface area contributed by atoms with Gasteiger partial charge in [-0.3, -0.25) is 29.8 Å². The van der Waals surface area contributed by atoms with Gasteiger partial charge in [0.15, 0.2) is 0 Å². The number of carbonyl (C=O) groups is 4. The van der Waals surface area contributed by atoms with Crippen LogP contribution in [0.3, 0.4) is 0 Å². The Morgan fingerprint density at radius 2 is 0.812 bits per heavy atom. The molecule has 2 aliphatic rings. The van der Waals surface area contributed by atoms with Crippen molar-refractivity contribution in [2.75, 3.05) is 0 Å². The zero-order chi connectivity index (χ0) is 10.6. The molecule has 5 N–H and O–H groups in total. The Balaban J connectivity index is 0. The molecule has 2 rings (SSSR count). The van der Waals surface area contributed by atoms with Gasteiger partial charge in [0.05, 0.1) is 0 Å². The first kappa shape index (κ1) is 17.4. The van der Waals surface area contributed by atoms with Crippen LogP contribution in [0.15, 0.2) is 0 Å². The Kier molecular flexibility index (Phi) is 8.87. The van der Waals surface area contributed by atoms with E-state index in [0.29, 0.717) is 25.7 Å². The van der Waals surface area contributed by atoms with Crippen LogP contribution < -0.4 is 16.8 Å². The van der Waals surface area contributed by atoms with E-state index < -0.39 is 0 Å². The number of nitrogens with one attached hydrogen (secondary N) is 2. The van der Waals surface area contributed by atoms with Gasteiger partial charge in [0.25, 0.3) is 0 Å². The fraction of sp³-hybridized carbons (Fsp3) is 0.500. The first-order chi connectivity index (χ1) is 6.58. The van der Waals surface area contributed by atoms with Crippen LogP contribution in [-0.2, 0) is 41.6 Å². The molecule has 2 fully saturated rings. The van der Waals surface area contributed by atoms with Gasteiger partial charge in [-0.15, -0.1) is 0 Å². The van der Waals surface area contributed by atoms with Gasteiger partial charge in [-0.05, 0) is 0 Å². The molecule has 0 bridgehead atoms.